The quantitative estimate of drug-likeness (QED) is 0.795. The van der Waals surface area contributed by atoms with Crippen molar-refractivity contribution in [2.24, 2.45) is 4.99 Å². The Bertz CT molecular complexity index is 560. The molecular formula is C14H16FN3O. The van der Waals surface area contributed by atoms with Crippen molar-refractivity contribution >= 4 is 6.21 Å². The molecule has 4 nitrogen and oxygen atoms in total. The number of aliphatic imine (C=N–C) groups is 1. The van der Waals surface area contributed by atoms with E-state index >= 15 is 0 Å². The third kappa shape index (κ3) is 3.06. The fraction of sp³-hybridized carbons (Fsp3) is 0.286. The second-order valence-corrected chi connectivity index (χ2v) is 4.40. The molecule has 1 aromatic carbocycles. The first kappa shape index (κ1) is 13.4. The lowest BCUT2D eigenvalue weighted by molar-refractivity contribution is 0.368. The fourth-order valence-electron chi connectivity index (χ4n) is 1.76. The standard InChI is InChI=1S/C14H16FN3O/c1-16-8-13(18(2)3)12-9-19-14(17-12)10-4-6-11(15)7-5-10/h4-9,13H,1-3H3. The number of benzene rings is 1. The van der Waals surface area contributed by atoms with Crippen molar-refractivity contribution in [1.82, 2.24) is 9.88 Å². The van der Waals surface area contributed by atoms with Crippen molar-refractivity contribution in [2.75, 3.05) is 21.1 Å². The average Bonchev–Trinajstić information content (AvgIpc) is 2.85. The maximum Gasteiger partial charge on any atom is 0.226 e. The second-order valence-electron chi connectivity index (χ2n) is 4.40. The highest BCUT2D eigenvalue weighted by Gasteiger charge is 2.17. The van der Waals surface area contributed by atoms with Crippen molar-refractivity contribution in [3.8, 4) is 11.5 Å². The van der Waals surface area contributed by atoms with E-state index in [1.165, 1.54) is 12.1 Å². The minimum atomic E-state index is -0.278. The number of oxazole rings is 1. The van der Waals surface area contributed by atoms with Crippen LogP contribution in [0.3, 0.4) is 0 Å². The van der Waals surface area contributed by atoms with E-state index in [0.29, 0.717) is 5.89 Å². The van der Waals surface area contributed by atoms with Crippen LogP contribution in [0.25, 0.3) is 11.5 Å². The van der Waals surface area contributed by atoms with Crippen molar-refractivity contribution < 1.29 is 8.81 Å². The van der Waals surface area contributed by atoms with Gasteiger partial charge in [-0.25, -0.2) is 9.37 Å². The first-order valence-electron chi connectivity index (χ1n) is 5.92. The largest absolute Gasteiger partial charge is 0.444 e. The Balaban J connectivity index is 2.29. The molecule has 0 aliphatic rings. The summed E-state index contributed by atoms with van der Waals surface area (Å²) in [6, 6.07) is 6.02. The van der Waals surface area contributed by atoms with E-state index in [9.17, 15) is 4.39 Å². The fourth-order valence-corrected chi connectivity index (χ4v) is 1.76. The smallest absolute Gasteiger partial charge is 0.226 e. The molecule has 0 aliphatic heterocycles. The molecule has 1 heterocycles. The van der Waals surface area contributed by atoms with Gasteiger partial charge in [-0.1, -0.05) is 0 Å². The molecule has 1 atom stereocenters. The summed E-state index contributed by atoms with van der Waals surface area (Å²) < 4.78 is 18.3. The van der Waals surface area contributed by atoms with Crippen LogP contribution in [0, 0.1) is 5.82 Å². The predicted octanol–water partition coefficient (Wildman–Crippen LogP) is 2.78. The zero-order chi connectivity index (χ0) is 13.8. The van der Waals surface area contributed by atoms with Crippen LogP contribution in [-0.2, 0) is 0 Å². The Morgan fingerprint density at radius 2 is 2.00 bits per heavy atom. The highest BCUT2D eigenvalue weighted by Crippen LogP contribution is 2.23. The average molecular weight is 261 g/mol. The number of nitrogens with zero attached hydrogens (tertiary/aromatic N) is 3. The minimum absolute atomic E-state index is 0.0389. The van der Waals surface area contributed by atoms with Gasteiger partial charge in [0.2, 0.25) is 5.89 Å². The maximum atomic E-state index is 12.9. The first-order valence-corrected chi connectivity index (χ1v) is 5.92. The molecule has 1 aromatic heterocycles. The number of hydrogen-bond donors (Lipinski definition) is 0. The molecule has 0 amide bonds. The van der Waals surface area contributed by atoms with Crippen LogP contribution >= 0.6 is 0 Å². The summed E-state index contributed by atoms with van der Waals surface area (Å²) in [6.07, 6.45) is 3.40. The van der Waals surface area contributed by atoms with E-state index in [2.05, 4.69) is 9.98 Å². The zero-order valence-electron chi connectivity index (χ0n) is 11.2. The first-order chi connectivity index (χ1) is 9.11. The molecule has 0 saturated heterocycles. The van der Waals surface area contributed by atoms with Gasteiger partial charge in [-0.2, -0.15) is 0 Å². The highest BCUT2D eigenvalue weighted by atomic mass is 19.1. The third-order valence-electron chi connectivity index (χ3n) is 2.76. The van der Waals surface area contributed by atoms with Gasteiger partial charge in [-0.15, -0.1) is 0 Å². The molecule has 2 aromatic rings. The summed E-state index contributed by atoms with van der Waals surface area (Å²) in [5, 5.41) is 0. The Kier molecular flexibility index (Phi) is 4.06. The Hall–Kier alpha value is -2.01. The molecule has 0 bridgehead atoms. The summed E-state index contributed by atoms with van der Waals surface area (Å²) in [7, 11) is 5.61. The van der Waals surface area contributed by atoms with Gasteiger partial charge in [0.1, 0.15) is 17.8 Å². The SMILES string of the molecule is CN=CC(c1coc(-c2ccc(F)cc2)n1)N(C)C. The molecule has 19 heavy (non-hydrogen) atoms. The molecule has 5 heteroatoms. The lowest BCUT2D eigenvalue weighted by Gasteiger charge is -2.17. The predicted molar refractivity (Wildman–Crippen MR) is 72.7 cm³/mol. The molecule has 0 radical (unpaired) electrons. The molecule has 2 rings (SSSR count). The van der Waals surface area contributed by atoms with Crippen LogP contribution < -0.4 is 0 Å². The molecule has 1 unspecified atom stereocenters. The van der Waals surface area contributed by atoms with Crippen LogP contribution in [0.4, 0.5) is 4.39 Å². The lowest BCUT2D eigenvalue weighted by Crippen LogP contribution is -2.21. The molecule has 0 fully saturated rings. The number of hydrogen-bond acceptors (Lipinski definition) is 4. The topological polar surface area (TPSA) is 41.6 Å². The van der Waals surface area contributed by atoms with Gasteiger partial charge < -0.3 is 4.42 Å². The molecular weight excluding hydrogens is 245 g/mol. The van der Waals surface area contributed by atoms with Crippen molar-refractivity contribution in [2.45, 2.75) is 6.04 Å². The minimum Gasteiger partial charge on any atom is -0.444 e. The number of rotatable bonds is 4. The Labute approximate surface area is 111 Å². The monoisotopic (exact) mass is 261 g/mol. The molecule has 0 N–H and O–H groups in total. The van der Waals surface area contributed by atoms with Gasteiger partial charge in [0.05, 0.1) is 6.04 Å². The second kappa shape index (κ2) is 5.75. The van der Waals surface area contributed by atoms with E-state index in [1.807, 2.05) is 19.0 Å². The molecule has 0 saturated carbocycles. The van der Waals surface area contributed by atoms with Crippen molar-refractivity contribution in [3.05, 3.63) is 42.0 Å². The van der Waals surface area contributed by atoms with E-state index in [-0.39, 0.29) is 11.9 Å². The van der Waals surface area contributed by atoms with Gasteiger partial charge in [-0.3, -0.25) is 9.89 Å². The van der Waals surface area contributed by atoms with E-state index in [0.717, 1.165) is 11.3 Å². The lowest BCUT2D eigenvalue weighted by atomic mass is 10.2. The highest BCUT2D eigenvalue weighted by molar-refractivity contribution is 5.66. The zero-order valence-corrected chi connectivity index (χ0v) is 11.2. The van der Waals surface area contributed by atoms with E-state index < -0.39 is 0 Å². The van der Waals surface area contributed by atoms with Crippen molar-refractivity contribution in [3.63, 3.8) is 0 Å². The van der Waals surface area contributed by atoms with Crippen LogP contribution in [0.1, 0.15) is 11.7 Å². The molecule has 0 aliphatic carbocycles. The number of halogens is 1. The van der Waals surface area contributed by atoms with Gasteiger partial charge >= 0.3 is 0 Å². The van der Waals surface area contributed by atoms with Gasteiger partial charge in [0, 0.05) is 18.8 Å². The van der Waals surface area contributed by atoms with E-state index in [1.54, 1.807) is 31.7 Å². The Morgan fingerprint density at radius 1 is 1.32 bits per heavy atom. The van der Waals surface area contributed by atoms with Crippen molar-refractivity contribution in [1.29, 1.82) is 0 Å². The summed E-state index contributed by atoms with van der Waals surface area (Å²) in [5.74, 6) is 0.200. The molecule has 0 spiro atoms. The van der Waals surface area contributed by atoms with Crippen LogP contribution in [0.2, 0.25) is 0 Å². The van der Waals surface area contributed by atoms with Gasteiger partial charge in [-0.05, 0) is 38.4 Å². The molecule has 100 valence electrons. The summed E-state index contributed by atoms with van der Waals surface area (Å²) in [5.41, 5.74) is 1.52. The van der Waals surface area contributed by atoms with Crippen LogP contribution in [-0.4, -0.2) is 37.2 Å². The Morgan fingerprint density at radius 3 is 2.58 bits per heavy atom. The van der Waals surface area contributed by atoms with Gasteiger partial charge in [0.25, 0.3) is 0 Å². The number of aromatic nitrogens is 1. The van der Waals surface area contributed by atoms with E-state index in [4.69, 9.17) is 4.42 Å². The van der Waals surface area contributed by atoms with Crippen LogP contribution in [0.15, 0.2) is 39.9 Å². The third-order valence-corrected chi connectivity index (χ3v) is 2.76. The summed E-state index contributed by atoms with van der Waals surface area (Å²) in [4.78, 5) is 10.4. The normalized spacial score (nSPS) is 13.3. The maximum absolute atomic E-state index is 12.9. The van der Waals surface area contributed by atoms with Crippen LogP contribution in [0.5, 0.6) is 0 Å². The summed E-state index contributed by atoms with van der Waals surface area (Å²) >= 11 is 0. The summed E-state index contributed by atoms with van der Waals surface area (Å²) in [6.45, 7) is 0. The van der Waals surface area contributed by atoms with Gasteiger partial charge in [0.15, 0.2) is 0 Å².